The first-order valence-electron chi connectivity index (χ1n) is 10.9. The summed E-state index contributed by atoms with van der Waals surface area (Å²) in [5, 5.41) is 31.0. The highest BCUT2D eigenvalue weighted by molar-refractivity contribution is 7.92. The predicted molar refractivity (Wildman–Crippen MR) is 136 cm³/mol. The van der Waals surface area contributed by atoms with Gasteiger partial charge in [-0.3, -0.25) is 0 Å². The maximum Gasteiger partial charge on any atom is 0.241 e. The van der Waals surface area contributed by atoms with Crippen LogP contribution in [0.5, 0.6) is 0 Å². The quantitative estimate of drug-likeness (QED) is 0.161. The van der Waals surface area contributed by atoms with E-state index >= 15 is 0 Å². The van der Waals surface area contributed by atoms with Crippen molar-refractivity contribution in [1.82, 2.24) is 35.6 Å². The van der Waals surface area contributed by atoms with E-state index in [0.29, 0.717) is 21.8 Å². The molecule has 0 spiro atoms. The lowest BCUT2D eigenvalue weighted by Crippen LogP contribution is -2.37. The number of aromatic nitrogens is 5. The van der Waals surface area contributed by atoms with E-state index in [9.17, 15) is 16.8 Å². The number of nitrogen functional groups attached to an aromatic ring is 1. The van der Waals surface area contributed by atoms with Gasteiger partial charge in [0.2, 0.25) is 25.9 Å². The zero-order valence-electron chi connectivity index (χ0n) is 19.5. The normalized spacial score (nSPS) is 15.8. The van der Waals surface area contributed by atoms with Crippen LogP contribution in [0.2, 0.25) is 0 Å². The fourth-order valence-corrected chi connectivity index (χ4v) is 7.62. The SMILES string of the molecule is Nc1nc2c(-c3ccc(S(=O)(=O)NC[C@H]4CCCN4)c(S(N)(=O)=O)c3-c3nn[nH]n3)cccc2s1.O=C[O-]. The van der Waals surface area contributed by atoms with Crippen LogP contribution in [0.25, 0.3) is 32.7 Å². The lowest BCUT2D eigenvalue weighted by Gasteiger charge is -2.18. The zero-order chi connectivity index (χ0) is 27.5. The molecule has 2 aromatic carbocycles. The number of para-hydroxylation sites is 1. The van der Waals surface area contributed by atoms with Crippen molar-refractivity contribution in [2.45, 2.75) is 28.7 Å². The Morgan fingerprint density at radius 3 is 2.58 bits per heavy atom. The first kappa shape index (κ1) is 27.5. The highest BCUT2D eigenvalue weighted by Crippen LogP contribution is 2.41. The van der Waals surface area contributed by atoms with Crippen LogP contribution in [0.1, 0.15) is 12.8 Å². The molecule has 0 saturated carbocycles. The van der Waals surface area contributed by atoms with E-state index in [2.05, 4.69) is 35.6 Å². The molecule has 0 unspecified atom stereocenters. The van der Waals surface area contributed by atoms with Gasteiger partial charge in [-0.2, -0.15) is 5.21 Å². The molecule has 38 heavy (non-hydrogen) atoms. The monoisotopic (exact) mass is 580 g/mol. The first-order valence-corrected chi connectivity index (χ1v) is 14.8. The zero-order valence-corrected chi connectivity index (χ0v) is 21.9. The lowest BCUT2D eigenvalue weighted by atomic mass is 9.98. The van der Waals surface area contributed by atoms with Gasteiger partial charge in [0, 0.05) is 24.6 Å². The number of H-pyrrole nitrogens is 1. The highest BCUT2D eigenvalue weighted by atomic mass is 32.2. The van der Waals surface area contributed by atoms with Gasteiger partial charge in [-0.1, -0.05) is 29.5 Å². The van der Waals surface area contributed by atoms with Crippen molar-refractivity contribution >= 4 is 53.2 Å². The van der Waals surface area contributed by atoms with Crippen LogP contribution < -0.4 is 26.0 Å². The Morgan fingerprint density at radius 1 is 1.18 bits per heavy atom. The van der Waals surface area contributed by atoms with Gasteiger partial charge in [0.1, 0.15) is 9.79 Å². The number of aromatic amines is 1. The van der Waals surface area contributed by atoms with Gasteiger partial charge in [-0.15, -0.1) is 10.2 Å². The Morgan fingerprint density at radius 2 is 1.95 bits per heavy atom. The van der Waals surface area contributed by atoms with Crippen molar-refractivity contribution in [3.8, 4) is 22.5 Å². The topological polar surface area (TPSA) is 252 Å². The van der Waals surface area contributed by atoms with Crippen molar-refractivity contribution in [2.75, 3.05) is 18.8 Å². The number of sulfonamides is 2. The van der Waals surface area contributed by atoms with Gasteiger partial charge < -0.3 is 21.0 Å². The summed E-state index contributed by atoms with van der Waals surface area (Å²) in [6, 6.07) is 7.93. The molecule has 1 saturated heterocycles. The van der Waals surface area contributed by atoms with E-state index in [1.54, 1.807) is 12.1 Å². The maximum atomic E-state index is 13.3. The number of hydrogen-bond acceptors (Lipinski definition) is 13. The number of primary sulfonamides is 1. The minimum absolute atomic E-state index is 0.0496. The van der Waals surface area contributed by atoms with Gasteiger partial charge >= 0.3 is 0 Å². The molecule has 1 atom stereocenters. The summed E-state index contributed by atoms with van der Waals surface area (Å²) in [6.45, 7) is 0.390. The van der Waals surface area contributed by atoms with E-state index in [0.717, 1.165) is 24.1 Å². The maximum absolute atomic E-state index is 13.3. The molecule has 202 valence electrons. The molecule has 18 heteroatoms. The second-order valence-corrected chi connectivity index (χ2v) is 12.3. The summed E-state index contributed by atoms with van der Waals surface area (Å²) < 4.78 is 55.6. The van der Waals surface area contributed by atoms with Gasteiger partial charge in [0.25, 0.3) is 0 Å². The molecular formula is C20H22N9O6S3-. The Labute approximate surface area is 220 Å². The van der Waals surface area contributed by atoms with E-state index in [1.807, 2.05) is 6.07 Å². The van der Waals surface area contributed by atoms with E-state index in [1.165, 1.54) is 23.5 Å². The third kappa shape index (κ3) is 5.64. The predicted octanol–water partition coefficient (Wildman–Crippen LogP) is -1.23. The van der Waals surface area contributed by atoms with Crippen LogP contribution in [0.15, 0.2) is 40.1 Å². The number of tetrazole rings is 1. The van der Waals surface area contributed by atoms with Crippen LogP contribution in [-0.4, -0.2) is 68.0 Å². The number of carboxylic acid groups (broad SMARTS) is 1. The first-order chi connectivity index (χ1) is 18.1. The summed E-state index contributed by atoms with van der Waals surface area (Å²) in [5.41, 5.74) is 7.12. The molecule has 15 nitrogen and oxygen atoms in total. The summed E-state index contributed by atoms with van der Waals surface area (Å²) in [7, 11) is -8.87. The van der Waals surface area contributed by atoms with Crippen molar-refractivity contribution < 1.29 is 26.7 Å². The van der Waals surface area contributed by atoms with Crippen molar-refractivity contribution in [3.63, 3.8) is 0 Å². The number of carbonyl (C=O) groups excluding carboxylic acids is 1. The minimum atomic E-state index is -4.59. The summed E-state index contributed by atoms with van der Waals surface area (Å²) in [5.74, 6) is -0.140. The molecule has 3 heterocycles. The Bertz CT molecular complexity index is 1670. The molecule has 4 aromatic rings. The smallest absolute Gasteiger partial charge is 0.241 e. The Balaban J connectivity index is 0.00000107. The number of hydrogen-bond donors (Lipinski definition) is 5. The van der Waals surface area contributed by atoms with Gasteiger partial charge in [-0.25, -0.2) is 31.7 Å². The standard InChI is InChI=1S/C19H21N9O4S3.CH2O2/c20-19-24-16-12(4-1-5-13(16)33-19)11-6-7-14(35(31,32)23-9-10-3-2-8-22-10)17(34(21,29)30)15(11)18-25-27-28-26-18;2-1-3/h1,4-7,10,22-23H,2-3,8-9H2,(H2,20,24)(H2,21,29,30)(H,25,26,27,28);1H,(H,2,3)/p-1/t10-;/m1./s1. The fourth-order valence-electron chi connectivity index (χ4n) is 4.17. The number of nitrogens with one attached hydrogen (secondary N) is 3. The third-order valence-electron chi connectivity index (χ3n) is 5.67. The van der Waals surface area contributed by atoms with E-state index in [-0.39, 0.29) is 24.0 Å². The number of rotatable bonds is 7. The molecule has 5 rings (SSSR count). The van der Waals surface area contributed by atoms with Crippen molar-refractivity contribution in [3.05, 3.63) is 30.3 Å². The van der Waals surface area contributed by atoms with Crippen LogP contribution in [0, 0.1) is 0 Å². The molecule has 7 N–H and O–H groups in total. The van der Waals surface area contributed by atoms with Crippen LogP contribution in [0.3, 0.4) is 0 Å². The Hall–Kier alpha value is -3.55. The van der Waals surface area contributed by atoms with Crippen LogP contribution >= 0.6 is 11.3 Å². The number of nitrogens with two attached hydrogens (primary N) is 2. The molecular weight excluding hydrogens is 558 g/mol. The lowest BCUT2D eigenvalue weighted by molar-refractivity contribution is -0.283. The Kier molecular flexibility index (Phi) is 7.99. The van der Waals surface area contributed by atoms with Crippen molar-refractivity contribution in [1.29, 1.82) is 0 Å². The number of nitrogens with zero attached hydrogens (tertiary/aromatic N) is 4. The largest absolute Gasteiger partial charge is 0.554 e. The number of carbonyl (C=O) groups is 1. The number of benzene rings is 2. The molecule has 1 aliphatic heterocycles. The average Bonchev–Trinajstić information content (AvgIpc) is 3.63. The van der Waals surface area contributed by atoms with Gasteiger partial charge in [0.05, 0.1) is 15.8 Å². The molecule has 0 radical (unpaired) electrons. The average molecular weight is 581 g/mol. The molecule has 0 bridgehead atoms. The summed E-state index contributed by atoms with van der Waals surface area (Å²) >= 11 is 1.26. The van der Waals surface area contributed by atoms with Crippen LogP contribution in [0.4, 0.5) is 5.13 Å². The van der Waals surface area contributed by atoms with Crippen LogP contribution in [-0.2, 0) is 24.8 Å². The minimum Gasteiger partial charge on any atom is -0.554 e. The number of thiazole rings is 1. The second-order valence-electron chi connectivity index (χ2n) is 8.04. The number of fused-ring (bicyclic) bond motifs is 1. The highest BCUT2D eigenvalue weighted by Gasteiger charge is 2.33. The summed E-state index contributed by atoms with van der Waals surface area (Å²) in [6.07, 6.45) is 1.73. The molecule has 2 aromatic heterocycles. The van der Waals surface area contributed by atoms with Gasteiger partial charge in [-0.05, 0) is 42.3 Å². The fraction of sp³-hybridized carbons (Fsp3) is 0.250. The van der Waals surface area contributed by atoms with Crippen molar-refractivity contribution in [2.24, 2.45) is 5.14 Å². The third-order valence-corrected chi connectivity index (χ3v) is 9.11. The van der Waals surface area contributed by atoms with E-state index < -0.39 is 36.3 Å². The molecule has 0 aliphatic carbocycles. The number of anilines is 1. The molecule has 0 amide bonds. The van der Waals surface area contributed by atoms with Gasteiger partial charge in [0.15, 0.2) is 5.13 Å². The molecule has 1 fully saturated rings. The molecule has 1 aliphatic rings. The second kappa shape index (κ2) is 11.1. The van der Waals surface area contributed by atoms with E-state index in [4.69, 9.17) is 20.8 Å². The summed E-state index contributed by atoms with van der Waals surface area (Å²) in [4.78, 5) is 11.5.